The lowest BCUT2D eigenvalue weighted by molar-refractivity contribution is -0.150. The van der Waals surface area contributed by atoms with Gasteiger partial charge in [0.25, 0.3) is 0 Å². The molecule has 1 saturated heterocycles. The normalized spacial score (nSPS) is 18.7. The van der Waals surface area contributed by atoms with E-state index < -0.39 is 66.4 Å². The first-order chi connectivity index (χ1) is 16.4. The van der Waals surface area contributed by atoms with Crippen molar-refractivity contribution in [1.82, 2.24) is 15.5 Å². The van der Waals surface area contributed by atoms with E-state index in [-0.39, 0.29) is 25.1 Å². The fraction of sp³-hybridized carbons (Fsp3) is 0.500. The number of carboxylic acid groups (broad SMARTS) is 2. The molecule has 5 unspecified atom stereocenters. The number of carbonyl (C=O) groups excluding carboxylic acids is 3. The number of aromatic hydroxyl groups is 1. The monoisotopic (exact) mass is 494 g/mol. The molecule has 0 spiro atoms. The fourth-order valence-electron chi connectivity index (χ4n) is 3.77. The highest BCUT2D eigenvalue weighted by Gasteiger charge is 2.39. The Morgan fingerprint density at radius 2 is 1.71 bits per heavy atom. The van der Waals surface area contributed by atoms with E-state index in [0.717, 1.165) is 4.90 Å². The summed E-state index contributed by atoms with van der Waals surface area (Å²) in [6, 6.07) is 0.530. The zero-order chi connectivity index (χ0) is 26.3. The molecule has 0 saturated carbocycles. The number of nitrogens with zero attached hydrogens (tertiary/aromatic N) is 1. The molecule has 192 valence electrons. The number of benzene rings is 1. The zero-order valence-electron chi connectivity index (χ0n) is 19.1. The number of nitrogens with two attached hydrogens (primary N) is 1. The lowest BCUT2D eigenvalue weighted by Gasteiger charge is -2.29. The molecule has 3 amide bonds. The van der Waals surface area contributed by atoms with Gasteiger partial charge in [-0.05, 0) is 43.9 Å². The number of carboxylic acids is 2. The lowest BCUT2D eigenvalue weighted by atomic mass is 10.0. The molecule has 35 heavy (non-hydrogen) atoms. The maximum atomic E-state index is 12.9. The zero-order valence-corrected chi connectivity index (χ0v) is 19.1. The van der Waals surface area contributed by atoms with Gasteiger partial charge in [-0.25, -0.2) is 4.79 Å². The third kappa shape index (κ3) is 7.65. The van der Waals surface area contributed by atoms with E-state index in [0.29, 0.717) is 12.0 Å². The van der Waals surface area contributed by atoms with Gasteiger partial charge in [0.2, 0.25) is 17.7 Å². The highest BCUT2D eigenvalue weighted by atomic mass is 16.4. The quantitative estimate of drug-likeness (QED) is 0.182. The number of phenolic OH excluding ortho intramolecular Hbond substituents is 1. The number of nitrogens with one attached hydrogen (secondary N) is 2. The van der Waals surface area contributed by atoms with Crippen LogP contribution in [0, 0.1) is 0 Å². The predicted octanol–water partition coefficient (Wildman–Crippen LogP) is -1.84. The van der Waals surface area contributed by atoms with Gasteiger partial charge in [-0.15, -0.1) is 0 Å². The minimum absolute atomic E-state index is 0.0340. The van der Waals surface area contributed by atoms with Crippen LogP contribution in [0.2, 0.25) is 0 Å². The van der Waals surface area contributed by atoms with Crippen molar-refractivity contribution >= 4 is 29.7 Å². The van der Waals surface area contributed by atoms with Gasteiger partial charge in [0.05, 0.1) is 18.6 Å². The molecule has 8 N–H and O–H groups in total. The Morgan fingerprint density at radius 1 is 1.09 bits per heavy atom. The van der Waals surface area contributed by atoms with E-state index in [1.54, 1.807) is 12.1 Å². The van der Waals surface area contributed by atoms with E-state index in [4.69, 9.17) is 5.73 Å². The molecule has 0 radical (unpaired) electrons. The van der Waals surface area contributed by atoms with Gasteiger partial charge in [-0.2, -0.15) is 0 Å². The molecule has 0 aromatic heterocycles. The second kappa shape index (κ2) is 12.1. The van der Waals surface area contributed by atoms with Crippen molar-refractivity contribution in [2.75, 3.05) is 6.54 Å². The van der Waals surface area contributed by atoms with Crippen LogP contribution in [-0.2, 0) is 30.4 Å². The number of aliphatic carboxylic acids is 2. The number of likely N-dealkylation sites (tertiary alicyclic amines) is 1. The van der Waals surface area contributed by atoms with Gasteiger partial charge < -0.3 is 41.7 Å². The number of aliphatic hydroxyl groups is 1. The summed E-state index contributed by atoms with van der Waals surface area (Å²) in [7, 11) is 0. The Hall–Kier alpha value is -3.71. The maximum Gasteiger partial charge on any atom is 0.326 e. The summed E-state index contributed by atoms with van der Waals surface area (Å²) >= 11 is 0. The van der Waals surface area contributed by atoms with Crippen LogP contribution in [-0.4, -0.2) is 91.8 Å². The van der Waals surface area contributed by atoms with Crippen LogP contribution >= 0.6 is 0 Å². The molecule has 1 aliphatic rings. The second-order valence-corrected chi connectivity index (χ2v) is 8.39. The Labute approximate surface area is 200 Å². The molecule has 1 aromatic carbocycles. The van der Waals surface area contributed by atoms with Gasteiger partial charge in [0.15, 0.2) is 0 Å². The molecule has 1 fully saturated rings. The van der Waals surface area contributed by atoms with Crippen molar-refractivity contribution in [2.45, 2.75) is 62.9 Å². The van der Waals surface area contributed by atoms with Gasteiger partial charge in [0.1, 0.15) is 23.9 Å². The molecule has 5 atom stereocenters. The number of phenols is 1. The van der Waals surface area contributed by atoms with Crippen molar-refractivity contribution < 1.29 is 44.4 Å². The summed E-state index contributed by atoms with van der Waals surface area (Å²) in [5.74, 6) is -5.32. The van der Waals surface area contributed by atoms with Crippen molar-refractivity contribution in [3.63, 3.8) is 0 Å². The average Bonchev–Trinajstić information content (AvgIpc) is 3.27. The highest BCUT2D eigenvalue weighted by molar-refractivity contribution is 5.96. The third-order valence-corrected chi connectivity index (χ3v) is 5.61. The van der Waals surface area contributed by atoms with Crippen molar-refractivity contribution in [3.8, 4) is 5.75 Å². The highest BCUT2D eigenvalue weighted by Crippen LogP contribution is 2.19. The first-order valence-corrected chi connectivity index (χ1v) is 11.0. The molecule has 0 bridgehead atoms. The molecule has 0 aliphatic carbocycles. The van der Waals surface area contributed by atoms with Crippen molar-refractivity contribution in [3.05, 3.63) is 29.8 Å². The number of hydrogen-bond acceptors (Lipinski definition) is 8. The average molecular weight is 495 g/mol. The maximum absolute atomic E-state index is 12.9. The van der Waals surface area contributed by atoms with Crippen LogP contribution in [0.25, 0.3) is 0 Å². The van der Waals surface area contributed by atoms with E-state index in [1.165, 1.54) is 19.1 Å². The Balaban J connectivity index is 2.10. The fourth-order valence-corrected chi connectivity index (χ4v) is 3.77. The molecule has 1 aliphatic heterocycles. The van der Waals surface area contributed by atoms with Gasteiger partial charge in [-0.3, -0.25) is 19.2 Å². The van der Waals surface area contributed by atoms with Gasteiger partial charge in [0, 0.05) is 6.54 Å². The van der Waals surface area contributed by atoms with E-state index in [2.05, 4.69) is 10.6 Å². The van der Waals surface area contributed by atoms with Crippen LogP contribution in [0.5, 0.6) is 5.75 Å². The number of amides is 3. The van der Waals surface area contributed by atoms with Crippen molar-refractivity contribution in [1.29, 1.82) is 0 Å². The Bertz CT molecular complexity index is 951. The molecule has 13 nitrogen and oxygen atoms in total. The second-order valence-electron chi connectivity index (χ2n) is 8.39. The minimum Gasteiger partial charge on any atom is -0.508 e. The largest absolute Gasteiger partial charge is 0.508 e. The molecular formula is C22H30N4O9. The Morgan fingerprint density at radius 3 is 2.26 bits per heavy atom. The van der Waals surface area contributed by atoms with Gasteiger partial charge >= 0.3 is 11.9 Å². The summed E-state index contributed by atoms with van der Waals surface area (Å²) in [5, 5.41) is 42.4. The van der Waals surface area contributed by atoms with Crippen LogP contribution in [0.1, 0.15) is 31.7 Å². The SMILES string of the molecule is CC(O)C(NC(=O)C(N)Cc1ccc(O)cc1)C(=O)NC(CC(=O)O)C(=O)N1CCCC1C(=O)O. The Kier molecular flexibility index (Phi) is 9.54. The summed E-state index contributed by atoms with van der Waals surface area (Å²) in [6.45, 7) is 1.30. The van der Waals surface area contributed by atoms with Crippen LogP contribution in [0.15, 0.2) is 24.3 Å². The molecule has 13 heteroatoms. The summed E-state index contributed by atoms with van der Waals surface area (Å²) in [4.78, 5) is 62.0. The summed E-state index contributed by atoms with van der Waals surface area (Å²) in [6.07, 6.45) is -1.60. The summed E-state index contributed by atoms with van der Waals surface area (Å²) < 4.78 is 0. The predicted molar refractivity (Wildman–Crippen MR) is 120 cm³/mol. The standard InChI is InChI=1S/C22H30N4O9/c1-11(27)18(25-19(31)14(23)9-12-4-6-13(28)7-5-12)20(32)24-15(10-17(29)30)21(33)26-8-2-3-16(26)22(34)35/h4-7,11,14-16,18,27-28H,2-3,8-10,23H2,1H3,(H,24,32)(H,25,31)(H,29,30)(H,34,35). The first kappa shape index (κ1) is 27.5. The van der Waals surface area contributed by atoms with E-state index in [9.17, 15) is 44.4 Å². The smallest absolute Gasteiger partial charge is 0.326 e. The topological polar surface area (TPSA) is 220 Å². The van der Waals surface area contributed by atoms with Gasteiger partial charge in [-0.1, -0.05) is 12.1 Å². The number of aliphatic hydroxyl groups excluding tert-OH is 1. The van der Waals surface area contributed by atoms with Crippen LogP contribution < -0.4 is 16.4 Å². The molecular weight excluding hydrogens is 464 g/mol. The molecule has 1 heterocycles. The molecule has 1 aromatic rings. The number of hydrogen-bond donors (Lipinski definition) is 7. The lowest BCUT2D eigenvalue weighted by Crippen LogP contribution is -2.60. The minimum atomic E-state index is -1.61. The number of rotatable bonds is 11. The summed E-state index contributed by atoms with van der Waals surface area (Å²) in [5.41, 5.74) is 6.53. The van der Waals surface area contributed by atoms with Crippen LogP contribution in [0.3, 0.4) is 0 Å². The number of carbonyl (C=O) groups is 5. The first-order valence-electron chi connectivity index (χ1n) is 11.0. The molecule has 2 rings (SSSR count). The van der Waals surface area contributed by atoms with E-state index in [1.807, 2.05) is 0 Å². The third-order valence-electron chi connectivity index (χ3n) is 5.61. The van der Waals surface area contributed by atoms with Crippen molar-refractivity contribution in [2.24, 2.45) is 5.73 Å². The van der Waals surface area contributed by atoms with Crippen LogP contribution in [0.4, 0.5) is 0 Å². The van der Waals surface area contributed by atoms with E-state index >= 15 is 0 Å².